The van der Waals surface area contributed by atoms with E-state index in [2.05, 4.69) is 58.4 Å². The number of nitrogens with zero attached hydrogens (tertiary/aromatic N) is 3. The van der Waals surface area contributed by atoms with Gasteiger partial charge in [-0.25, -0.2) is 4.39 Å². The number of anilines is 1. The summed E-state index contributed by atoms with van der Waals surface area (Å²) in [5.74, 6) is 0.509. The van der Waals surface area contributed by atoms with Gasteiger partial charge in [-0.2, -0.15) is 0 Å². The number of benzene rings is 4. The van der Waals surface area contributed by atoms with Gasteiger partial charge in [0.15, 0.2) is 0 Å². The topological polar surface area (TPSA) is 36.0 Å². The Kier molecular flexibility index (Phi) is 9.35. The SMILES string of the molecule is COc1ccc([C@H]2/C=C\CN(Cc3ccc(N(C)C)cc3)[C@@H](Cc3ccccc3)C(=O)N2Cc2ccc(F)cc2)cc1. The standard InChI is InChI=1S/C36H38FN3O2/c1-38(2)32-19-13-28(14-20-32)25-39-23-7-10-34(30-15-21-33(42-3)22-16-30)40(26-29-11-17-31(37)18-12-29)36(41)35(39)24-27-8-5-4-6-9-27/h4-22,34-35H,23-26H2,1-3H3/b10-7-/t34-,35+/m1/s1. The van der Waals surface area contributed by atoms with Crippen molar-refractivity contribution in [2.45, 2.75) is 31.6 Å². The predicted octanol–water partition coefficient (Wildman–Crippen LogP) is 6.65. The second kappa shape index (κ2) is 13.5. The molecule has 4 aromatic carbocycles. The van der Waals surface area contributed by atoms with E-state index in [0.717, 1.165) is 33.7 Å². The predicted molar refractivity (Wildman–Crippen MR) is 167 cm³/mol. The smallest absolute Gasteiger partial charge is 0.241 e. The Morgan fingerprint density at radius 3 is 2.10 bits per heavy atom. The zero-order valence-corrected chi connectivity index (χ0v) is 24.5. The molecule has 0 unspecified atom stereocenters. The third-order valence-corrected chi connectivity index (χ3v) is 7.84. The highest BCUT2D eigenvalue weighted by molar-refractivity contribution is 5.83. The summed E-state index contributed by atoms with van der Waals surface area (Å²) in [5, 5.41) is 0. The molecule has 1 aliphatic rings. The fourth-order valence-electron chi connectivity index (χ4n) is 5.46. The molecule has 1 aliphatic heterocycles. The summed E-state index contributed by atoms with van der Waals surface area (Å²) in [6.45, 7) is 1.63. The lowest BCUT2D eigenvalue weighted by molar-refractivity contribution is -0.139. The zero-order chi connectivity index (χ0) is 29.5. The van der Waals surface area contributed by atoms with Crippen molar-refractivity contribution in [1.29, 1.82) is 0 Å². The van der Waals surface area contributed by atoms with E-state index in [1.54, 1.807) is 19.2 Å². The molecule has 0 aromatic heterocycles. The number of carbonyl (C=O) groups is 1. The van der Waals surface area contributed by atoms with Gasteiger partial charge in [0.25, 0.3) is 0 Å². The normalized spacial score (nSPS) is 18.3. The molecule has 0 aliphatic carbocycles. The molecule has 42 heavy (non-hydrogen) atoms. The summed E-state index contributed by atoms with van der Waals surface area (Å²) in [4.78, 5) is 21.0. The molecule has 2 atom stereocenters. The fraction of sp³-hybridized carbons (Fsp3) is 0.250. The number of amides is 1. The van der Waals surface area contributed by atoms with E-state index < -0.39 is 6.04 Å². The van der Waals surface area contributed by atoms with E-state index >= 15 is 0 Å². The van der Waals surface area contributed by atoms with Crippen LogP contribution in [-0.4, -0.2) is 49.5 Å². The van der Waals surface area contributed by atoms with Crippen LogP contribution in [0.4, 0.5) is 10.1 Å². The van der Waals surface area contributed by atoms with Crippen LogP contribution in [0.3, 0.4) is 0 Å². The molecule has 1 heterocycles. The molecule has 0 fully saturated rings. The van der Waals surface area contributed by atoms with Gasteiger partial charge >= 0.3 is 0 Å². The quantitative estimate of drug-likeness (QED) is 0.214. The molecule has 0 saturated heterocycles. The van der Waals surface area contributed by atoms with Crippen molar-refractivity contribution < 1.29 is 13.9 Å². The summed E-state index contributed by atoms with van der Waals surface area (Å²) in [6.07, 6.45) is 4.87. The van der Waals surface area contributed by atoms with Crippen LogP contribution in [0.25, 0.3) is 0 Å². The van der Waals surface area contributed by atoms with E-state index in [1.165, 1.54) is 12.1 Å². The van der Waals surface area contributed by atoms with Crippen molar-refractivity contribution in [2.24, 2.45) is 0 Å². The average molecular weight is 564 g/mol. The lowest BCUT2D eigenvalue weighted by atomic mass is 9.96. The lowest BCUT2D eigenvalue weighted by Gasteiger charge is -2.39. The minimum Gasteiger partial charge on any atom is -0.497 e. The minimum atomic E-state index is -0.396. The molecule has 0 N–H and O–H groups in total. The molecular weight excluding hydrogens is 525 g/mol. The van der Waals surface area contributed by atoms with Gasteiger partial charge < -0.3 is 14.5 Å². The van der Waals surface area contributed by atoms with Gasteiger partial charge in [-0.05, 0) is 65.1 Å². The monoisotopic (exact) mass is 563 g/mol. The van der Waals surface area contributed by atoms with Crippen LogP contribution in [-0.2, 0) is 24.3 Å². The van der Waals surface area contributed by atoms with E-state index in [9.17, 15) is 9.18 Å². The maximum absolute atomic E-state index is 14.8. The van der Waals surface area contributed by atoms with Crippen molar-refractivity contribution in [3.63, 3.8) is 0 Å². The Bertz CT molecular complexity index is 1470. The highest BCUT2D eigenvalue weighted by atomic mass is 19.1. The molecule has 0 spiro atoms. The van der Waals surface area contributed by atoms with E-state index in [1.807, 2.05) is 61.5 Å². The number of hydrogen-bond acceptors (Lipinski definition) is 4. The fourth-order valence-corrected chi connectivity index (χ4v) is 5.46. The minimum absolute atomic E-state index is 0.0401. The van der Waals surface area contributed by atoms with Crippen LogP contribution >= 0.6 is 0 Å². The second-order valence-corrected chi connectivity index (χ2v) is 10.9. The van der Waals surface area contributed by atoms with Gasteiger partial charge in [0.05, 0.1) is 19.2 Å². The van der Waals surface area contributed by atoms with Gasteiger partial charge in [-0.3, -0.25) is 9.69 Å². The van der Waals surface area contributed by atoms with Gasteiger partial charge in [0.2, 0.25) is 5.91 Å². The van der Waals surface area contributed by atoms with Crippen molar-refractivity contribution in [2.75, 3.05) is 32.6 Å². The first-order valence-electron chi connectivity index (χ1n) is 14.3. The zero-order valence-electron chi connectivity index (χ0n) is 24.5. The maximum atomic E-state index is 14.8. The molecule has 6 heteroatoms. The van der Waals surface area contributed by atoms with Crippen molar-refractivity contribution in [1.82, 2.24) is 9.80 Å². The van der Waals surface area contributed by atoms with Crippen molar-refractivity contribution >= 4 is 11.6 Å². The number of carbonyl (C=O) groups excluding carboxylic acids is 1. The average Bonchev–Trinajstić information content (AvgIpc) is 3.01. The second-order valence-electron chi connectivity index (χ2n) is 10.9. The summed E-state index contributed by atoms with van der Waals surface area (Å²) < 4.78 is 19.2. The molecule has 0 bridgehead atoms. The number of ether oxygens (including phenoxy) is 1. The Morgan fingerprint density at radius 1 is 0.810 bits per heavy atom. The van der Waals surface area contributed by atoms with Crippen LogP contribution in [0.5, 0.6) is 5.75 Å². The number of methoxy groups -OCH3 is 1. The molecule has 216 valence electrons. The van der Waals surface area contributed by atoms with E-state index in [-0.39, 0.29) is 17.8 Å². The Balaban J connectivity index is 1.54. The van der Waals surface area contributed by atoms with Crippen LogP contribution in [0.15, 0.2) is 115 Å². The first-order valence-corrected chi connectivity index (χ1v) is 14.3. The Morgan fingerprint density at radius 2 is 1.45 bits per heavy atom. The number of hydrogen-bond donors (Lipinski definition) is 0. The summed E-state index contributed by atoms with van der Waals surface area (Å²) >= 11 is 0. The molecule has 5 rings (SSSR count). The molecule has 4 aromatic rings. The van der Waals surface area contributed by atoms with Crippen LogP contribution in [0.1, 0.15) is 28.3 Å². The van der Waals surface area contributed by atoms with Crippen LogP contribution in [0.2, 0.25) is 0 Å². The third-order valence-electron chi connectivity index (χ3n) is 7.84. The van der Waals surface area contributed by atoms with Crippen LogP contribution in [0, 0.1) is 5.82 Å². The maximum Gasteiger partial charge on any atom is 0.241 e. The van der Waals surface area contributed by atoms with Gasteiger partial charge in [-0.1, -0.05) is 78.9 Å². The molecule has 0 radical (unpaired) electrons. The molecule has 1 amide bonds. The van der Waals surface area contributed by atoms with Crippen LogP contribution < -0.4 is 9.64 Å². The Labute approximate surface area is 248 Å². The third kappa shape index (κ3) is 7.07. The first kappa shape index (κ1) is 29.1. The van der Waals surface area contributed by atoms with E-state index in [0.29, 0.717) is 26.1 Å². The highest BCUT2D eigenvalue weighted by Gasteiger charge is 2.35. The molecule has 0 saturated carbocycles. The van der Waals surface area contributed by atoms with E-state index in [4.69, 9.17) is 4.74 Å². The largest absolute Gasteiger partial charge is 0.497 e. The first-order chi connectivity index (χ1) is 20.4. The number of rotatable bonds is 9. The van der Waals surface area contributed by atoms with Gasteiger partial charge in [-0.15, -0.1) is 0 Å². The lowest BCUT2D eigenvalue weighted by Crippen LogP contribution is -2.51. The van der Waals surface area contributed by atoms with Crippen molar-refractivity contribution in [3.8, 4) is 5.75 Å². The Hall–Kier alpha value is -4.42. The number of halogens is 1. The summed E-state index contributed by atoms with van der Waals surface area (Å²) in [7, 11) is 5.70. The highest BCUT2D eigenvalue weighted by Crippen LogP contribution is 2.31. The molecule has 5 nitrogen and oxygen atoms in total. The summed E-state index contributed by atoms with van der Waals surface area (Å²) in [6, 6.07) is 32.3. The van der Waals surface area contributed by atoms with Gasteiger partial charge in [0, 0.05) is 39.4 Å². The molecular formula is C36H38FN3O2. The summed E-state index contributed by atoms with van der Waals surface area (Å²) in [5.41, 5.74) is 5.26. The van der Waals surface area contributed by atoms with Gasteiger partial charge in [0.1, 0.15) is 11.6 Å². The van der Waals surface area contributed by atoms with Crippen molar-refractivity contribution in [3.05, 3.63) is 143 Å².